The smallest absolute Gasteiger partial charge is 0.192 e. The first kappa shape index (κ1) is 25.8. The van der Waals surface area contributed by atoms with Gasteiger partial charge in [-0.2, -0.15) is 0 Å². The molecule has 28 heavy (non-hydrogen) atoms. The Hall–Kier alpha value is -0.216. The van der Waals surface area contributed by atoms with E-state index in [1.807, 2.05) is 12.3 Å². The van der Waals surface area contributed by atoms with Crippen molar-refractivity contribution in [3.05, 3.63) is 22.8 Å². The highest BCUT2D eigenvalue weighted by Gasteiger charge is 2.38. The Kier molecular flexibility index (Phi) is 8.97. The fourth-order valence-electron chi connectivity index (χ4n) is 2.15. The van der Waals surface area contributed by atoms with Gasteiger partial charge in [-0.15, -0.1) is 0 Å². The van der Waals surface area contributed by atoms with E-state index in [-0.39, 0.29) is 10.1 Å². The van der Waals surface area contributed by atoms with E-state index < -0.39 is 16.6 Å². The average Bonchev–Trinajstić information content (AvgIpc) is 2.52. The predicted molar refractivity (Wildman–Crippen MR) is 130 cm³/mol. The number of nitrogens with zero attached hydrogens (tertiary/aromatic N) is 2. The highest BCUT2D eigenvalue weighted by atomic mass is 79.9. The molecule has 1 rings (SSSR count). The maximum Gasteiger partial charge on any atom is 0.192 e. The average molecular weight is 490 g/mol. The summed E-state index contributed by atoms with van der Waals surface area (Å²) in [5, 5.41) is 0.443. The number of pyridine rings is 1. The van der Waals surface area contributed by atoms with Crippen LogP contribution in [-0.4, -0.2) is 47.9 Å². The molecule has 0 bridgehead atoms. The van der Waals surface area contributed by atoms with Crippen molar-refractivity contribution in [1.29, 1.82) is 0 Å². The van der Waals surface area contributed by atoms with Crippen LogP contribution in [0.5, 0.6) is 0 Å². The van der Waals surface area contributed by atoms with E-state index in [9.17, 15) is 0 Å². The molecule has 1 aromatic rings. The molecule has 0 saturated heterocycles. The molecule has 0 aliphatic carbocycles. The molecule has 0 aliphatic heterocycles. The number of rotatable bonds is 9. The maximum atomic E-state index is 6.40. The molecule has 0 fully saturated rings. The maximum absolute atomic E-state index is 6.40. The number of halogens is 1. The highest BCUT2D eigenvalue weighted by Crippen LogP contribution is 2.37. The Labute approximate surface area is 183 Å². The van der Waals surface area contributed by atoms with Gasteiger partial charge < -0.3 is 13.8 Å². The second kappa shape index (κ2) is 9.73. The topological polar surface area (TPSA) is 34.6 Å². The third-order valence-corrected chi connectivity index (χ3v) is 15.8. The van der Waals surface area contributed by atoms with Gasteiger partial charge in [0.1, 0.15) is 5.82 Å². The summed E-state index contributed by atoms with van der Waals surface area (Å²) in [5.41, 5.74) is 0. The summed E-state index contributed by atoms with van der Waals surface area (Å²) in [6.45, 7) is 26.0. The molecule has 0 spiro atoms. The summed E-state index contributed by atoms with van der Waals surface area (Å²) in [6.07, 6.45) is 1.85. The van der Waals surface area contributed by atoms with Crippen LogP contribution in [0.25, 0.3) is 0 Å². The van der Waals surface area contributed by atoms with Gasteiger partial charge >= 0.3 is 0 Å². The van der Waals surface area contributed by atoms with Crippen molar-refractivity contribution < 1.29 is 8.85 Å². The largest absolute Gasteiger partial charge is 0.415 e. The van der Waals surface area contributed by atoms with Gasteiger partial charge in [0.2, 0.25) is 0 Å². The third kappa shape index (κ3) is 7.56. The van der Waals surface area contributed by atoms with Crippen LogP contribution in [-0.2, 0) is 8.85 Å². The lowest BCUT2D eigenvalue weighted by Crippen LogP contribution is -2.44. The molecule has 7 heteroatoms. The van der Waals surface area contributed by atoms with Gasteiger partial charge in [0.25, 0.3) is 0 Å². The molecule has 1 aromatic heterocycles. The third-order valence-electron chi connectivity index (χ3n) is 6.30. The quantitative estimate of drug-likeness (QED) is 0.362. The van der Waals surface area contributed by atoms with Crippen LogP contribution in [0.1, 0.15) is 41.5 Å². The molecule has 1 heterocycles. The van der Waals surface area contributed by atoms with E-state index in [2.05, 4.69) is 99.6 Å². The van der Waals surface area contributed by atoms with E-state index >= 15 is 0 Å². The van der Waals surface area contributed by atoms with Crippen LogP contribution in [0, 0.1) is 0 Å². The Morgan fingerprint density at radius 2 is 1.29 bits per heavy atom. The predicted octanol–water partition coefficient (Wildman–Crippen LogP) is 6.69. The van der Waals surface area contributed by atoms with Gasteiger partial charge in [0, 0.05) is 23.8 Å². The first-order chi connectivity index (χ1) is 12.6. The Morgan fingerprint density at radius 3 is 1.61 bits per heavy atom. The lowest BCUT2D eigenvalue weighted by atomic mass is 10.2. The lowest BCUT2D eigenvalue weighted by Gasteiger charge is -2.38. The monoisotopic (exact) mass is 488 g/mol. The van der Waals surface area contributed by atoms with Crippen LogP contribution >= 0.6 is 15.9 Å². The minimum Gasteiger partial charge on any atom is -0.415 e. The van der Waals surface area contributed by atoms with Gasteiger partial charge in [-0.05, 0) is 64.3 Å². The van der Waals surface area contributed by atoms with Crippen LogP contribution in [0.2, 0.25) is 36.3 Å². The minimum atomic E-state index is -1.75. The summed E-state index contributed by atoms with van der Waals surface area (Å²) >= 11 is 3.48. The van der Waals surface area contributed by atoms with E-state index in [1.54, 1.807) is 0 Å². The van der Waals surface area contributed by atoms with Crippen molar-refractivity contribution >= 4 is 38.4 Å². The van der Waals surface area contributed by atoms with Crippen LogP contribution in [0.3, 0.4) is 0 Å². The second-order valence-corrected chi connectivity index (χ2v) is 21.1. The molecule has 0 atom stereocenters. The Balaban J connectivity index is 2.77. The second-order valence-electron chi connectivity index (χ2n) is 10.5. The van der Waals surface area contributed by atoms with E-state index in [0.29, 0.717) is 13.2 Å². The normalized spacial score (nSPS) is 13.7. The summed E-state index contributed by atoms with van der Waals surface area (Å²) in [5.74, 6) is 0.973. The molecule has 0 unspecified atom stereocenters. The van der Waals surface area contributed by atoms with Gasteiger partial charge in [0.15, 0.2) is 16.6 Å². The zero-order chi connectivity index (χ0) is 21.8. The number of aromatic nitrogens is 1. The summed E-state index contributed by atoms with van der Waals surface area (Å²) in [6, 6.07) is 4.10. The van der Waals surface area contributed by atoms with Gasteiger partial charge in [-0.25, -0.2) is 4.98 Å². The van der Waals surface area contributed by atoms with Crippen molar-refractivity contribution in [2.24, 2.45) is 0 Å². The van der Waals surface area contributed by atoms with Crippen molar-refractivity contribution in [3.63, 3.8) is 0 Å². The van der Waals surface area contributed by atoms with Crippen LogP contribution in [0.15, 0.2) is 22.8 Å². The molecular formula is C21H41BrN2O2Si2. The SMILES string of the molecule is CC(C)(C)[Si](C)(C)OCCN(CCO[Si](C)(C)C(C)(C)C)c1ccc(Br)cn1. The standard InChI is InChI=1S/C21H41BrN2O2Si2/c1-20(2,3)27(7,8)25-15-13-24(19-12-11-18(22)17-23-19)14-16-26-28(9,10)21(4,5)6/h11-12,17H,13-16H2,1-10H3. The molecule has 0 N–H and O–H groups in total. The van der Waals surface area contributed by atoms with E-state index in [4.69, 9.17) is 8.85 Å². The first-order valence-corrected chi connectivity index (χ1v) is 16.8. The van der Waals surface area contributed by atoms with Gasteiger partial charge in [-0.3, -0.25) is 0 Å². The van der Waals surface area contributed by atoms with Crippen molar-refractivity contribution in [2.45, 2.75) is 77.8 Å². The highest BCUT2D eigenvalue weighted by molar-refractivity contribution is 9.10. The fraction of sp³-hybridized carbons (Fsp3) is 0.762. The van der Waals surface area contributed by atoms with Crippen LogP contribution in [0.4, 0.5) is 5.82 Å². The van der Waals surface area contributed by atoms with Crippen molar-refractivity contribution in [3.8, 4) is 0 Å². The number of anilines is 1. The summed E-state index contributed by atoms with van der Waals surface area (Å²) < 4.78 is 13.8. The number of hydrogen-bond acceptors (Lipinski definition) is 4. The molecular weight excluding hydrogens is 448 g/mol. The minimum absolute atomic E-state index is 0.221. The van der Waals surface area contributed by atoms with Crippen molar-refractivity contribution in [2.75, 3.05) is 31.2 Å². The van der Waals surface area contributed by atoms with E-state index in [0.717, 1.165) is 23.4 Å². The lowest BCUT2D eigenvalue weighted by molar-refractivity contribution is 0.275. The molecule has 0 aromatic carbocycles. The van der Waals surface area contributed by atoms with Crippen molar-refractivity contribution in [1.82, 2.24) is 4.98 Å². The fourth-order valence-corrected chi connectivity index (χ4v) is 4.45. The van der Waals surface area contributed by atoms with E-state index in [1.165, 1.54) is 0 Å². The Morgan fingerprint density at radius 1 is 0.857 bits per heavy atom. The molecule has 4 nitrogen and oxygen atoms in total. The number of hydrogen-bond donors (Lipinski definition) is 0. The molecule has 0 aliphatic rings. The zero-order valence-corrected chi connectivity index (χ0v) is 23.2. The summed E-state index contributed by atoms with van der Waals surface area (Å²) in [4.78, 5) is 6.88. The Bertz CT molecular complexity index is 576. The van der Waals surface area contributed by atoms with Gasteiger partial charge in [0.05, 0.1) is 13.2 Å². The van der Waals surface area contributed by atoms with Gasteiger partial charge in [-0.1, -0.05) is 41.5 Å². The first-order valence-electron chi connectivity index (χ1n) is 10.2. The summed E-state index contributed by atoms with van der Waals surface area (Å²) in [7, 11) is -3.49. The van der Waals surface area contributed by atoms with Crippen LogP contribution < -0.4 is 4.90 Å². The molecule has 162 valence electrons. The molecule has 0 saturated carbocycles. The zero-order valence-electron chi connectivity index (χ0n) is 19.6. The molecule has 0 amide bonds. The molecule has 0 radical (unpaired) electrons.